The third-order valence-corrected chi connectivity index (χ3v) is 3.26. The fourth-order valence-electron chi connectivity index (χ4n) is 2.33. The number of aromatic nitrogens is 1. The van der Waals surface area contributed by atoms with Gasteiger partial charge >= 0.3 is 0 Å². The van der Waals surface area contributed by atoms with E-state index in [9.17, 15) is 9.59 Å². The van der Waals surface area contributed by atoms with Crippen molar-refractivity contribution >= 4 is 17.6 Å². The van der Waals surface area contributed by atoms with Crippen LogP contribution in [0.2, 0.25) is 0 Å². The molecule has 1 aliphatic heterocycles. The van der Waals surface area contributed by atoms with Gasteiger partial charge in [-0.1, -0.05) is 6.92 Å². The van der Waals surface area contributed by atoms with Crippen LogP contribution in [0, 0.1) is 6.92 Å². The second-order valence-corrected chi connectivity index (χ2v) is 4.65. The Morgan fingerprint density at radius 2 is 2.26 bits per heavy atom. The molecular formula is C13H18N4O2. The first-order valence-electron chi connectivity index (χ1n) is 6.32. The van der Waals surface area contributed by atoms with Gasteiger partial charge in [0.05, 0.1) is 6.54 Å². The molecule has 2 rings (SSSR count). The highest BCUT2D eigenvalue weighted by molar-refractivity contribution is 6.04. The van der Waals surface area contributed by atoms with Crippen molar-refractivity contribution in [3.8, 4) is 0 Å². The molecule has 0 spiro atoms. The van der Waals surface area contributed by atoms with Crippen molar-refractivity contribution in [2.45, 2.75) is 32.9 Å². The molecule has 1 saturated heterocycles. The molecule has 1 aliphatic rings. The summed E-state index contributed by atoms with van der Waals surface area (Å²) in [5, 5.41) is 2.35. The number of nitrogens with two attached hydrogens (primary N) is 1. The number of rotatable bonds is 3. The van der Waals surface area contributed by atoms with E-state index in [0.717, 1.165) is 11.1 Å². The van der Waals surface area contributed by atoms with Gasteiger partial charge in [-0.2, -0.15) is 0 Å². The topological polar surface area (TPSA) is 88.3 Å². The number of imide groups is 1. The molecule has 1 fully saturated rings. The Hall–Kier alpha value is -1.95. The standard InChI is InChI=1S/C13H18N4O2/c1-3-10-13(19)16-11(18)7-17(10)12-8(2)4-9(5-14)6-15-12/h4,6,10H,3,5,7,14H2,1-2H3,(H,16,18,19). The number of aryl methyl sites for hydroxylation is 1. The number of nitrogens with zero attached hydrogens (tertiary/aromatic N) is 2. The predicted octanol–water partition coefficient (Wildman–Crippen LogP) is 0.0901. The van der Waals surface area contributed by atoms with E-state index < -0.39 is 0 Å². The Labute approximate surface area is 112 Å². The van der Waals surface area contributed by atoms with Gasteiger partial charge in [0, 0.05) is 12.7 Å². The third kappa shape index (κ3) is 2.58. The van der Waals surface area contributed by atoms with Gasteiger partial charge in [0.25, 0.3) is 0 Å². The zero-order valence-corrected chi connectivity index (χ0v) is 11.1. The Kier molecular flexibility index (Phi) is 3.80. The molecule has 0 bridgehead atoms. The maximum Gasteiger partial charge on any atom is 0.249 e. The van der Waals surface area contributed by atoms with E-state index >= 15 is 0 Å². The molecule has 6 nitrogen and oxygen atoms in total. The number of piperazine rings is 1. The number of amides is 2. The van der Waals surface area contributed by atoms with Crippen LogP contribution in [-0.4, -0.2) is 29.4 Å². The van der Waals surface area contributed by atoms with E-state index in [1.54, 1.807) is 11.1 Å². The molecule has 6 heteroatoms. The Bertz CT molecular complexity index is 515. The largest absolute Gasteiger partial charge is 0.335 e. The lowest BCUT2D eigenvalue weighted by Gasteiger charge is -2.35. The van der Waals surface area contributed by atoms with Gasteiger partial charge < -0.3 is 10.6 Å². The van der Waals surface area contributed by atoms with Crippen molar-refractivity contribution in [3.63, 3.8) is 0 Å². The van der Waals surface area contributed by atoms with Crippen LogP contribution in [0.3, 0.4) is 0 Å². The first kappa shape index (κ1) is 13.5. The van der Waals surface area contributed by atoms with Gasteiger partial charge in [-0.05, 0) is 30.5 Å². The van der Waals surface area contributed by atoms with Crippen molar-refractivity contribution in [1.29, 1.82) is 0 Å². The molecule has 1 aromatic rings. The van der Waals surface area contributed by atoms with Gasteiger partial charge in [0.15, 0.2) is 0 Å². The predicted molar refractivity (Wildman–Crippen MR) is 71.4 cm³/mol. The molecule has 1 aromatic heterocycles. The average Bonchev–Trinajstić information content (AvgIpc) is 2.37. The van der Waals surface area contributed by atoms with Crippen molar-refractivity contribution in [2.24, 2.45) is 5.73 Å². The van der Waals surface area contributed by atoms with Crippen LogP contribution in [0.1, 0.15) is 24.5 Å². The van der Waals surface area contributed by atoms with Crippen molar-refractivity contribution in [1.82, 2.24) is 10.3 Å². The highest BCUT2D eigenvalue weighted by Crippen LogP contribution is 2.23. The molecule has 1 unspecified atom stereocenters. The maximum atomic E-state index is 11.8. The summed E-state index contributed by atoms with van der Waals surface area (Å²) in [5.74, 6) is 0.119. The number of nitrogens with one attached hydrogen (secondary N) is 1. The molecule has 1 atom stereocenters. The van der Waals surface area contributed by atoms with E-state index in [1.807, 2.05) is 19.9 Å². The SMILES string of the molecule is CCC1C(=O)NC(=O)CN1c1ncc(CN)cc1C. The molecule has 0 saturated carbocycles. The van der Waals surface area contributed by atoms with E-state index in [0.29, 0.717) is 18.8 Å². The molecule has 2 amide bonds. The monoisotopic (exact) mass is 262 g/mol. The minimum absolute atomic E-state index is 0.153. The number of pyridine rings is 1. The highest BCUT2D eigenvalue weighted by atomic mass is 16.2. The lowest BCUT2D eigenvalue weighted by Crippen LogP contribution is -2.58. The molecule has 19 heavy (non-hydrogen) atoms. The molecule has 2 heterocycles. The summed E-state index contributed by atoms with van der Waals surface area (Å²) in [5.41, 5.74) is 7.43. The second-order valence-electron chi connectivity index (χ2n) is 4.65. The quantitative estimate of drug-likeness (QED) is 0.754. The average molecular weight is 262 g/mol. The van der Waals surface area contributed by atoms with Gasteiger partial charge in [-0.25, -0.2) is 4.98 Å². The lowest BCUT2D eigenvalue weighted by atomic mass is 10.1. The van der Waals surface area contributed by atoms with Crippen molar-refractivity contribution < 1.29 is 9.59 Å². The smallest absolute Gasteiger partial charge is 0.249 e. The highest BCUT2D eigenvalue weighted by Gasteiger charge is 2.33. The fourth-order valence-corrected chi connectivity index (χ4v) is 2.33. The van der Waals surface area contributed by atoms with Gasteiger partial charge in [0.1, 0.15) is 11.9 Å². The number of carbonyl (C=O) groups excluding carboxylic acids is 2. The Balaban J connectivity index is 2.37. The van der Waals surface area contributed by atoms with Gasteiger partial charge in [-0.3, -0.25) is 14.9 Å². The Morgan fingerprint density at radius 3 is 2.84 bits per heavy atom. The summed E-state index contributed by atoms with van der Waals surface area (Å²) in [7, 11) is 0. The summed E-state index contributed by atoms with van der Waals surface area (Å²) in [6.07, 6.45) is 2.31. The first-order valence-corrected chi connectivity index (χ1v) is 6.32. The lowest BCUT2D eigenvalue weighted by molar-refractivity contribution is -0.132. The van der Waals surface area contributed by atoms with E-state index in [4.69, 9.17) is 5.73 Å². The zero-order chi connectivity index (χ0) is 14.0. The zero-order valence-electron chi connectivity index (χ0n) is 11.1. The maximum absolute atomic E-state index is 11.8. The van der Waals surface area contributed by atoms with Crippen molar-refractivity contribution in [2.75, 3.05) is 11.4 Å². The first-order chi connectivity index (χ1) is 9.06. The molecule has 0 aromatic carbocycles. The minimum Gasteiger partial charge on any atom is -0.335 e. The molecule has 3 N–H and O–H groups in total. The second kappa shape index (κ2) is 5.36. The normalized spacial score (nSPS) is 19.5. The minimum atomic E-state index is -0.354. The van der Waals surface area contributed by atoms with Crippen LogP contribution >= 0.6 is 0 Å². The number of hydrogen-bond donors (Lipinski definition) is 2. The summed E-state index contributed by atoms with van der Waals surface area (Å²) in [4.78, 5) is 29.5. The molecule has 0 aliphatic carbocycles. The van der Waals surface area contributed by atoms with Crippen LogP contribution < -0.4 is 16.0 Å². The third-order valence-electron chi connectivity index (χ3n) is 3.26. The summed E-state index contributed by atoms with van der Waals surface area (Å²) in [6.45, 7) is 4.40. The summed E-state index contributed by atoms with van der Waals surface area (Å²) < 4.78 is 0. The van der Waals surface area contributed by atoms with E-state index in [1.165, 1.54) is 0 Å². The number of anilines is 1. The van der Waals surface area contributed by atoms with Crippen LogP contribution in [0.15, 0.2) is 12.3 Å². The van der Waals surface area contributed by atoms with Crippen LogP contribution in [-0.2, 0) is 16.1 Å². The van der Waals surface area contributed by atoms with E-state index in [-0.39, 0.29) is 24.4 Å². The number of carbonyl (C=O) groups is 2. The van der Waals surface area contributed by atoms with Crippen LogP contribution in [0.5, 0.6) is 0 Å². The molecule has 0 radical (unpaired) electrons. The Morgan fingerprint density at radius 1 is 1.53 bits per heavy atom. The van der Waals surface area contributed by atoms with Crippen LogP contribution in [0.4, 0.5) is 5.82 Å². The summed E-state index contributed by atoms with van der Waals surface area (Å²) in [6, 6.07) is 1.58. The van der Waals surface area contributed by atoms with E-state index in [2.05, 4.69) is 10.3 Å². The fraction of sp³-hybridized carbons (Fsp3) is 0.462. The van der Waals surface area contributed by atoms with Crippen LogP contribution in [0.25, 0.3) is 0 Å². The molecular weight excluding hydrogens is 244 g/mol. The summed E-state index contributed by atoms with van der Waals surface area (Å²) >= 11 is 0. The van der Waals surface area contributed by atoms with Gasteiger partial charge in [-0.15, -0.1) is 0 Å². The molecule has 102 valence electrons. The van der Waals surface area contributed by atoms with Crippen molar-refractivity contribution in [3.05, 3.63) is 23.4 Å². The van der Waals surface area contributed by atoms with Gasteiger partial charge in [0.2, 0.25) is 11.8 Å². The number of hydrogen-bond acceptors (Lipinski definition) is 5.